The van der Waals surface area contributed by atoms with E-state index in [4.69, 9.17) is 4.74 Å². The molecule has 0 radical (unpaired) electrons. The Bertz CT molecular complexity index is 1600. The lowest BCUT2D eigenvalue weighted by molar-refractivity contribution is -0.108. The van der Waals surface area contributed by atoms with Crippen LogP contribution in [0, 0.1) is 12.8 Å². The fraction of sp³-hybridized carbons (Fsp3) is 0.500. The number of nitrogens with one attached hydrogen (secondary N) is 1. The molecule has 12 heteroatoms. The van der Waals surface area contributed by atoms with E-state index in [9.17, 15) is 13.2 Å². The van der Waals surface area contributed by atoms with E-state index in [-0.39, 0.29) is 6.02 Å². The molecule has 260 valence electrons. The number of dihydropyridines is 1. The van der Waals surface area contributed by atoms with E-state index in [1.807, 2.05) is 23.1 Å². The number of piperazine rings is 1. The van der Waals surface area contributed by atoms with Gasteiger partial charge >= 0.3 is 16.2 Å². The van der Waals surface area contributed by atoms with Gasteiger partial charge in [0.25, 0.3) is 0 Å². The molecule has 3 aliphatic heterocycles. The number of amidine groups is 1. The maximum absolute atomic E-state index is 12.1. The molecule has 0 spiro atoms. The number of para-hydroxylation sites is 1. The Kier molecular flexibility index (Phi) is 12.5. The number of likely N-dealkylation sites (tertiary alicyclic amines) is 1. The van der Waals surface area contributed by atoms with E-state index in [1.54, 1.807) is 12.1 Å². The lowest BCUT2D eigenvalue weighted by atomic mass is 9.90. The van der Waals surface area contributed by atoms with E-state index in [0.29, 0.717) is 43.3 Å². The summed E-state index contributed by atoms with van der Waals surface area (Å²) in [5, 5.41) is 3.69. The number of nitrogens with zero attached hydrogens (tertiary/aromatic N) is 5. The summed E-state index contributed by atoms with van der Waals surface area (Å²) >= 11 is 3.65. The van der Waals surface area contributed by atoms with Crippen LogP contribution < -0.4 is 10.1 Å². The van der Waals surface area contributed by atoms with Crippen molar-refractivity contribution < 1.29 is 17.9 Å². The monoisotopic (exact) mass is 740 g/mol. The van der Waals surface area contributed by atoms with Crippen molar-refractivity contribution in [3.8, 4) is 5.75 Å². The molecule has 2 aromatic carbocycles. The molecule has 0 aromatic heterocycles. The van der Waals surface area contributed by atoms with Gasteiger partial charge in [0.2, 0.25) is 0 Å². The molecular formula is C36H49BrN6O4S. The molecule has 4 aliphatic rings. The van der Waals surface area contributed by atoms with Crippen LogP contribution in [0.25, 0.3) is 0 Å². The van der Waals surface area contributed by atoms with E-state index < -0.39 is 10.2 Å². The van der Waals surface area contributed by atoms with Crippen molar-refractivity contribution in [2.75, 3.05) is 60.4 Å². The zero-order valence-electron chi connectivity index (χ0n) is 28.5. The number of piperidine rings is 1. The third-order valence-corrected chi connectivity index (χ3v) is 11.4. The van der Waals surface area contributed by atoms with Crippen LogP contribution in [-0.2, 0) is 21.4 Å². The zero-order valence-corrected chi connectivity index (χ0v) is 30.9. The van der Waals surface area contributed by atoms with Gasteiger partial charge in [0, 0.05) is 70.5 Å². The van der Waals surface area contributed by atoms with E-state index in [2.05, 4.69) is 79.9 Å². The fourth-order valence-corrected chi connectivity index (χ4v) is 7.66. The summed E-state index contributed by atoms with van der Waals surface area (Å²) in [5.41, 5.74) is 5.96. The van der Waals surface area contributed by atoms with Gasteiger partial charge in [-0.2, -0.15) is 12.7 Å². The van der Waals surface area contributed by atoms with E-state index >= 15 is 0 Å². The molecule has 2 fully saturated rings. The van der Waals surface area contributed by atoms with Crippen LogP contribution in [0.4, 0.5) is 0 Å². The average Bonchev–Trinajstić information content (AvgIpc) is 3.22. The fourth-order valence-electron chi connectivity index (χ4n) is 6.72. The lowest BCUT2D eigenvalue weighted by Crippen LogP contribution is -2.51. The number of allylic oxidation sites excluding steroid dienone is 2. The van der Waals surface area contributed by atoms with Gasteiger partial charge in [0.1, 0.15) is 12.0 Å². The smallest absolute Gasteiger partial charge is 0.326 e. The van der Waals surface area contributed by atoms with Crippen molar-refractivity contribution in [1.29, 1.82) is 0 Å². The maximum Gasteiger partial charge on any atom is 0.326 e. The van der Waals surface area contributed by atoms with Crippen LogP contribution in [0.5, 0.6) is 5.75 Å². The van der Waals surface area contributed by atoms with Gasteiger partial charge in [0.05, 0.1) is 12.1 Å². The number of hydrogen-bond acceptors (Lipinski definition) is 7. The van der Waals surface area contributed by atoms with Crippen LogP contribution in [-0.4, -0.2) is 106 Å². The molecule has 0 amide bonds. The number of carbonyl (C=O) groups excluding carboxylic acids is 1. The van der Waals surface area contributed by atoms with Crippen molar-refractivity contribution in [1.82, 2.24) is 24.3 Å². The summed E-state index contributed by atoms with van der Waals surface area (Å²) in [5.74, 6) is 0.863. The lowest BCUT2D eigenvalue weighted by Gasteiger charge is -2.42. The Balaban J connectivity index is 0.000000188. The molecule has 2 saturated heterocycles. The highest BCUT2D eigenvalue weighted by Gasteiger charge is 2.36. The first-order valence-corrected chi connectivity index (χ1v) is 19.0. The van der Waals surface area contributed by atoms with Crippen molar-refractivity contribution in [2.24, 2.45) is 10.3 Å². The Hall–Kier alpha value is -3.03. The number of aldehydes is 1. The summed E-state index contributed by atoms with van der Waals surface area (Å²) < 4.78 is 36.0. The SMILES string of the molecule is CN(C)S(=O)(=O)/N=C(\Oc1ccccc1)N1CCC(CC=O)CC1.Cc1ccc2c(c1)CCC1=CC(Br)=CNC1C2N1CCN(C)CC1. The first-order chi connectivity index (χ1) is 23.0. The molecular weight excluding hydrogens is 692 g/mol. The Morgan fingerprint density at radius 3 is 2.42 bits per heavy atom. The number of rotatable bonds is 6. The number of carbonyl (C=O) groups is 1. The van der Waals surface area contributed by atoms with Gasteiger partial charge in [-0.25, -0.2) is 0 Å². The van der Waals surface area contributed by atoms with Crippen molar-refractivity contribution >= 4 is 38.4 Å². The second kappa shape index (κ2) is 16.6. The molecule has 48 heavy (non-hydrogen) atoms. The van der Waals surface area contributed by atoms with Crippen LogP contribution >= 0.6 is 15.9 Å². The number of benzene rings is 2. The summed E-state index contributed by atoms with van der Waals surface area (Å²) in [6.45, 7) is 8.01. The number of likely N-dealkylation sites (N-methyl/N-ethyl adjacent to an activating group) is 1. The van der Waals surface area contributed by atoms with Gasteiger partial charge in [-0.05, 0) is 96.4 Å². The second-order valence-electron chi connectivity index (χ2n) is 13.3. The Labute approximate surface area is 294 Å². The van der Waals surface area contributed by atoms with Gasteiger partial charge in [-0.1, -0.05) is 46.4 Å². The average molecular weight is 742 g/mol. The topological polar surface area (TPSA) is 97.8 Å². The molecule has 2 atom stereocenters. The molecule has 3 heterocycles. The molecule has 2 unspecified atom stereocenters. The minimum absolute atomic E-state index is 0.0689. The third kappa shape index (κ3) is 9.35. The predicted octanol–water partition coefficient (Wildman–Crippen LogP) is 4.89. The standard InChI is InChI=1S/C20H26BrN3.C16H23N3O4S/c1-14-3-6-18-15(11-14)4-5-16-12-17(21)13-22-19(16)20(18)24-9-7-23(2)8-10-24;1-18(2)24(21,22)17-16(23-15-6-4-3-5-7-15)19-11-8-14(9-12-19)10-13-20/h3,6,11-13,19-20,22H,4-5,7-10H2,1-2H3;3-7,13-14H,8-12H2,1-2H3/b;17-16-. The summed E-state index contributed by atoms with van der Waals surface area (Å²) in [7, 11) is 1.29. The molecule has 1 N–H and O–H groups in total. The number of halogens is 1. The van der Waals surface area contributed by atoms with Crippen LogP contribution in [0.1, 0.15) is 48.4 Å². The third-order valence-electron chi connectivity index (χ3n) is 9.59. The van der Waals surface area contributed by atoms with Crippen LogP contribution in [0.15, 0.2) is 75.3 Å². The molecule has 1 aliphatic carbocycles. The first kappa shape index (κ1) is 36.3. The summed E-state index contributed by atoms with van der Waals surface area (Å²) in [6, 6.07) is 16.9. The van der Waals surface area contributed by atoms with Crippen LogP contribution in [0.2, 0.25) is 0 Å². The summed E-state index contributed by atoms with van der Waals surface area (Å²) in [6.07, 6.45) is 9.82. The summed E-state index contributed by atoms with van der Waals surface area (Å²) in [4.78, 5) is 17.6. The molecule has 6 rings (SSSR count). The maximum atomic E-state index is 12.1. The highest BCUT2D eigenvalue weighted by Crippen LogP contribution is 2.39. The highest BCUT2D eigenvalue weighted by atomic mass is 79.9. The van der Waals surface area contributed by atoms with E-state index in [1.165, 1.54) is 36.4 Å². The molecule has 2 aromatic rings. The van der Waals surface area contributed by atoms with Crippen molar-refractivity contribution in [2.45, 2.75) is 51.1 Å². The molecule has 0 bridgehead atoms. The molecule has 0 saturated carbocycles. The van der Waals surface area contributed by atoms with Crippen molar-refractivity contribution in [3.63, 3.8) is 0 Å². The molecule has 10 nitrogen and oxygen atoms in total. The second-order valence-corrected chi connectivity index (χ2v) is 16.0. The Morgan fingerprint density at radius 1 is 1.04 bits per heavy atom. The van der Waals surface area contributed by atoms with Gasteiger partial charge in [0.15, 0.2) is 0 Å². The number of aryl methyl sites for hydroxylation is 2. The van der Waals surface area contributed by atoms with Gasteiger partial charge < -0.3 is 24.6 Å². The Morgan fingerprint density at radius 2 is 1.75 bits per heavy atom. The number of hydrogen-bond donors (Lipinski definition) is 1. The van der Waals surface area contributed by atoms with E-state index in [0.717, 1.165) is 66.9 Å². The first-order valence-electron chi connectivity index (χ1n) is 16.8. The zero-order chi connectivity index (χ0) is 34.3. The van der Waals surface area contributed by atoms with Crippen LogP contribution in [0.3, 0.4) is 0 Å². The minimum Gasteiger partial charge on any atom is -0.425 e. The van der Waals surface area contributed by atoms with Gasteiger partial charge in [-0.15, -0.1) is 0 Å². The largest absolute Gasteiger partial charge is 0.425 e. The highest BCUT2D eigenvalue weighted by molar-refractivity contribution is 9.11. The normalized spacial score (nSPS) is 22.6. The van der Waals surface area contributed by atoms with Crippen molar-refractivity contribution in [3.05, 3.63) is 87.6 Å². The predicted molar refractivity (Wildman–Crippen MR) is 195 cm³/mol. The minimum atomic E-state index is -3.79. The number of ether oxygens (including phenoxy) is 1. The number of fused-ring (bicyclic) bond motifs is 2. The van der Waals surface area contributed by atoms with Gasteiger partial charge in [-0.3, -0.25) is 4.90 Å². The quantitative estimate of drug-likeness (QED) is 0.254.